The van der Waals surface area contributed by atoms with Crippen molar-refractivity contribution < 1.29 is 144 Å². The molecule has 0 spiro atoms. The Bertz CT molecular complexity index is 3070. The molecule has 0 N–H and O–H groups in total. The normalized spacial score (nSPS) is 14.1. The number of esters is 2. The van der Waals surface area contributed by atoms with E-state index < -0.39 is 154 Å². The van der Waals surface area contributed by atoms with Gasteiger partial charge in [-0.1, -0.05) is 30.0 Å². The van der Waals surface area contributed by atoms with E-state index >= 15 is 0 Å². The first kappa shape index (κ1) is 71.1. The Balaban J connectivity index is 1.54. The van der Waals surface area contributed by atoms with Gasteiger partial charge in [0.2, 0.25) is 11.1 Å². The van der Waals surface area contributed by atoms with Crippen molar-refractivity contribution in [3.63, 3.8) is 0 Å². The van der Waals surface area contributed by atoms with Gasteiger partial charge in [0.05, 0.1) is 39.6 Å². The smallest absolute Gasteiger partial charge is 0.437 e. The van der Waals surface area contributed by atoms with Crippen LogP contribution in [0, 0.1) is 0 Å². The molecule has 0 bridgehead atoms. The maximum Gasteiger partial charge on any atom is 0.437 e. The van der Waals surface area contributed by atoms with Crippen LogP contribution in [0.15, 0.2) is 118 Å². The molecule has 40 heteroatoms. The topological polar surface area (TPSA) is 273 Å². The second-order valence-corrected chi connectivity index (χ2v) is 19.2. The largest absolute Gasteiger partial charge is 0.490 e. The second-order valence-electron chi connectivity index (χ2n) is 15.9. The number of carbonyl (C=O) groups excluding carboxylic acids is 2. The molecular formula is C46H42F12N4O20S4. The zero-order chi connectivity index (χ0) is 63.7. The van der Waals surface area contributed by atoms with E-state index in [1.807, 2.05) is 0 Å². The van der Waals surface area contributed by atoms with Crippen molar-refractivity contribution in [3.05, 3.63) is 119 Å². The molecule has 0 aromatic heterocycles. The summed E-state index contributed by atoms with van der Waals surface area (Å²) >= 11 is -2.39. The molecule has 0 saturated heterocycles. The second kappa shape index (κ2) is 33.5. The molecule has 4 aromatic rings. The summed E-state index contributed by atoms with van der Waals surface area (Å²) in [5.74, 6) is -2.91. The van der Waals surface area contributed by atoms with E-state index in [1.54, 1.807) is 0 Å². The van der Waals surface area contributed by atoms with Crippen molar-refractivity contribution in [1.29, 1.82) is 0 Å². The first-order valence-electron chi connectivity index (χ1n) is 22.9. The van der Waals surface area contributed by atoms with Crippen LogP contribution in [-0.4, -0.2) is 137 Å². The number of benzene rings is 4. The van der Waals surface area contributed by atoms with Crippen LogP contribution in [0.5, 0.6) is 23.0 Å². The maximum absolute atomic E-state index is 13.8. The summed E-state index contributed by atoms with van der Waals surface area (Å²) in [6.45, 7) is -2.60. The Kier molecular flexibility index (Phi) is 27.7. The van der Waals surface area contributed by atoms with Gasteiger partial charge in [0.25, 0.3) is 24.6 Å². The Labute approximate surface area is 488 Å². The van der Waals surface area contributed by atoms with Crippen molar-refractivity contribution in [2.24, 2.45) is 20.6 Å². The number of hydrogen-bond donors (Lipinski definition) is 0. The van der Waals surface area contributed by atoms with Crippen molar-refractivity contribution in [2.75, 3.05) is 53.2 Å². The SMILES string of the molecule is COOOSON=C(c1ccc(OCC(COc2ccc(C(=NOS(C)=O)C(F)(F)F)cc2)OC(=O)CCC(=O)OC(COc2ccc(C(=NOSOOC)C(F)(F)F)cc2)COc2ccc(C(=NOS(C)(=O)=O)C(F)(F)F)cc2)cc1)C(F)(F)F. The zero-order valence-electron chi connectivity index (χ0n) is 43.8. The van der Waals surface area contributed by atoms with Crippen molar-refractivity contribution >= 4 is 80.6 Å². The molecule has 474 valence electrons. The van der Waals surface area contributed by atoms with Crippen LogP contribution < -0.4 is 18.9 Å². The van der Waals surface area contributed by atoms with Crippen LogP contribution in [0.25, 0.3) is 0 Å². The van der Waals surface area contributed by atoms with Gasteiger partial charge in [0.1, 0.15) is 49.4 Å². The molecule has 0 saturated carbocycles. The molecule has 86 heavy (non-hydrogen) atoms. The van der Waals surface area contributed by atoms with Gasteiger partial charge < -0.3 is 28.4 Å². The average molecular weight is 1330 g/mol. The number of halogens is 12. The number of carbonyl (C=O) groups is 2. The number of oxime groups is 4. The predicted molar refractivity (Wildman–Crippen MR) is 273 cm³/mol. The standard InChI is InChI=1S/C46H42F12N4O20S4/c1-68-80-82-84-77-60-40(44(50,51)52)28-7-15-32(16-8-28)71-23-35(25-72-33-17-9-29(10-18-33)41(45(53,54)55)61-78-85(3)65)74-37(63)21-22-38(64)75-36(24-70-31-13-5-27(6-14-31)39(43(47,48)49)59-76-83-81-69-2)26-73-34-19-11-30(12-20-34)42(46(56,57)58)62-79-86(4,66)67/h5-20,35-36H,21-26H2,1-4H3. The monoisotopic (exact) mass is 1330 g/mol. The molecule has 0 radical (unpaired) electrons. The first-order chi connectivity index (χ1) is 40.4. The summed E-state index contributed by atoms with van der Waals surface area (Å²) in [5.41, 5.74) is -8.68. The Morgan fingerprint density at radius 2 is 0.791 bits per heavy atom. The van der Waals surface area contributed by atoms with E-state index in [9.17, 15) is 74.9 Å². The summed E-state index contributed by atoms with van der Waals surface area (Å²) < 4.78 is 258. The molecular weight excluding hydrogens is 1280 g/mol. The van der Waals surface area contributed by atoms with Gasteiger partial charge in [-0.2, -0.15) is 61.1 Å². The molecule has 3 unspecified atom stereocenters. The lowest BCUT2D eigenvalue weighted by atomic mass is 10.1. The van der Waals surface area contributed by atoms with E-state index in [0.29, 0.717) is 6.26 Å². The van der Waals surface area contributed by atoms with Gasteiger partial charge in [-0.15, -0.1) is 4.33 Å². The zero-order valence-corrected chi connectivity index (χ0v) is 47.0. The summed E-state index contributed by atoms with van der Waals surface area (Å²) in [6, 6.07) is 15.3. The number of alkyl halides is 12. The first-order valence-corrected chi connectivity index (χ1v) is 27.5. The van der Waals surface area contributed by atoms with Crippen LogP contribution >= 0.6 is 24.6 Å². The van der Waals surface area contributed by atoms with Crippen LogP contribution in [0.2, 0.25) is 0 Å². The Morgan fingerprint density at radius 3 is 1.07 bits per heavy atom. The third kappa shape index (κ3) is 26.1. The van der Waals surface area contributed by atoms with Gasteiger partial charge in [-0.05, 0) is 97.1 Å². The van der Waals surface area contributed by atoms with E-state index in [4.69, 9.17) is 28.4 Å². The number of rotatable bonds is 34. The lowest BCUT2D eigenvalue weighted by Crippen LogP contribution is -2.32. The Morgan fingerprint density at radius 1 is 0.488 bits per heavy atom. The molecule has 0 aliphatic rings. The molecule has 0 aliphatic heterocycles. The lowest BCUT2D eigenvalue weighted by molar-refractivity contribution is -0.449. The van der Waals surface area contributed by atoms with Crippen LogP contribution in [0.4, 0.5) is 52.7 Å². The molecule has 0 amide bonds. The quantitative estimate of drug-likeness (QED) is 0.00800. The highest BCUT2D eigenvalue weighted by atomic mass is 32.2. The summed E-state index contributed by atoms with van der Waals surface area (Å²) in [7, 11) is -2.40. The van der Waals surface area contributed by atoms with Gasteiger partial charge in [-0.3, -0.25) is 26.7 Å². The molecule has 4 rings (SSSR count). The minimum Gasteiger partial charge on any atom is -0.490 e. The van der Waals surface area contributed by atoms with Gasteiger partial charge >= 0.3 is 46.8 Å². The van der Waals surface area contributed by atoms with E-state index in [-0.39, 0.29) is 47.6 Å². The summed E-state index contributed by atoms with van der Waals surface area (Å²) in [4.78, 5) is 34.9. The Hall–Kier alpha value is -7.34. The fourth-order valence-corrected chi connectivity index (χ4v) is 6.77. The minimum atomic E-state index is -5.21. The molecule has 4 aromatic carbocycles. The molecule has 0 fully saturated rings. The molecule has 24 nitrogen and oxygen atoms in total. The van der Waals surface area contributed by atoms with Crippen molar-refractivity contribution in [1.82, 2.24) is 0 Å². The number of ether oxygens (including phenoxy) is 6. The van der Waals surface area contributed by atoms with E-state index in [0.717, 1.165) is 118 Å². The van der Waals surface area contributed by atoms with Crippen molar-refractivity contribution in [2.45, 2.75) is 49.8 Å². The lowest BCUT2D eigenvalue weighted by Gasteiger charge is -2.21. The highest BCUT2D eigenvalue weighted by Gasteiger charge is 2.41. The van der Waals surface area contributed by atoms with Gasteiger partial charge in [-0.25, -0.2) is 14.0 Å². The predicted octanol–water partition coefficient (Wildman–Crippen LogP) is 9.51. The molecule has 3 atom stereocenters. The van der Waals surface area contributed by atoms with Gasteiger partial charge in [0.15, 0.2) is 35.1 Å². The third-order valence-electron chi connectivity index (χ3n) is 9.49. The fourth-order valence-electron chi connectivity index (χ4n) is 5.98. The number of hydrogen-bond acceptors (Lipinski definition) is 26. The van der Waals surface area contributed by atoms with Crippen LogP contribution in [0.1, 0.15) is 35.1 Å². The summed E-state index contributed by atoms with van der Waals surface area (Å²) in [6.07, 6.45) is -23.6. The average Bonchev–Trinajstić information content (AvgIpc) is 2.26. The van der Waals surface area contributed by atoms with Crippen molar-refractivity contribution in [3.8, 4) is 23.0 Å². The highest BCUT2D eigenvalue weighted by molar-refractivity contribution is 7.89. The fraction of sp³-hybridized carbons (Fsp3) is 0.348. The maximum atomic E-state index is 13.8. The third-order valence-corrected chi connectivity index (χ3v) is 10.7. The molecule has 0 heterocycles. The summed E-state index contributed by atoms with van der Waals surface area (Å²) in [5, 5.41) is 15.5. The van der Waals surface area contributed by atoms with E-state index in [1.165, 1.54) is 0 Å². The van der Waals surface area contributed by atoms with Crippen LogP contribution in [-0.2, 0) is 80.9 Å². The minimum absolute atomic E-state index is 0.0361. The number of nitrogens with zero attached hydrogens (tertiary/aromatic N) is 4. The van der Waals surface area contributed by atoms with Crippen LogP contribution in [0.3, 0.4) is 0 Å². The van der Waals surface area contributed by atoms with E-state index in [2.05, 4.69) is 61.2 Å². The highest BCUT2D eigenvalue weighted by Crippen LogP contribution is 2.30. The molecule has 0 aliphatic carbocycles. The van der Waals surface area contributed by atoms with Gasteiger partial charge in [0, 0.05) is 22.3 Å².